The third-order valence-corrected chi connectivity index (χ3v) is 1.85. The van der Waals surface area contributed by atoms with Crippen molar-refractivity contribution in [1.82, 2.24) is 9.97 Å². The molecular formula is C8H13ClN4. The molecule has 0 atom stereocenters. The largest absolute Gasteiger partial charge is 0.393 e. The summed E-state index contributed by atoms with van der Waals surface area (Å²) in [5.41, 5.74) is 11.3. The summed E-state index contributed by atoms with van der Waals surface area (Å²) in [6.07, 6.45) is 0.754. The summed E-state index contributed by atoms with van der Waals surface area (Å²) in [6.45, 7) is 4.15. The van der Waals surface area contributed by atoms with Gasteiger partial charge in [-0.05, 0) is 5.92 Å². The summed E-state index contributed by atoms with van der Waals surface area (Å²) >= 11 is 5.75. The SMILES string of the molecule is CC(C)Cc1nc(N)c(N)c(Cl)n1. The third-order valence-electron chi connectivity index (χ3n) is 1.57. The van der Waals surface area contributed by atoms with Crippen LogP contribution in [-0.2, 0) is 6.42 Å². The number of nitrogens with two attached hydrogens (primary N) is 2. The molecule has 5 heteroatoms. The number of aromatic nitrogens is 2. The fraction of sp³-hybridized carbons (Fsp3) is 0.500. The van der Waals surface area contributed by atoms with Gasteiger partial charge in [-0.15, -0.1) is 0 Å². The Bertz CT molecular complexity index is 288. The maximum atomic E-state index is 5.75. The number of nitrogens with zero attached hydrogens (tertiary/aromatic N) is 2. The molecule has 0 aliphatic carbocycles. The molecule has 4 N–H and O–H groups in total. The molecule has 1 heterocycles. The Morgan fingerprint density at radius 2 is 1.92 bits per heavy atom. The Morgan fingerprint density at radius 3 is 2.38 bits per heavy atom. The molecule has 1 aromatic rings. The smallest absolute Gasteiger partial charge is 0.157 e. The van der Waals surface area contributed by atoms with Crippen molar-refractivity contribution in [3.8, 4) is 0 Å². The van der Waals surface area contributed by atoms with Crippen LogP contribution in [0.4, 0.5) is 11.5 Å². The predicted molar refractivity (Wildman–Crippen MR) is 54.4 cm³/mol. The molecule has 4 nitrogen and oxygen atoms in total. The lowest BCUT2D eigenvalue weighted by molar-refractivity contribution is 0.621. The molecule has 13 heavy (non-hydrogen) atoms. The molecule has 0 saturated heterocycles. The number of anilines is 2. The van der Waals surface area contributed by atoms with E-state index in [0.717, 1.165) is 6.42 Å². The van der Waals surface area contributed by atoms with E-state index in [1.165, 1.54) is 0 Å². The Balaban J connectivity index is 2.99. The van der Waals surface area contributed by atoms with Crippen molar-refractivity contribution < 1.29 is 0 Å². The van der Waals surface area contributed by atoms with Crippen LogP contribution >= 0.6 is 11.6 Å². The van der Waals surface area contributed by atoms with Crippen molar-refractivity contribution in [3.63, 3.8) is 0 Å². The van der Waals surface area contributed by atoms with Crippen LogP contribution in [0.2, 0.25) is 5.15 Å². The molecule has 1 rings (SSSR count). The van der Waals surface area contributed by atoms with Gasteiger partial charge >= 0.3 is 0 Å². The maximum absolute atomic E-state index is 5.75. The summed E-state index contributed by atoms with van der Waals surface area (Å²) < 4.78 is 0. The Labute approximate surface area is 82.3 Å². The molecule has 0 bridgehead atoms. The molecule has 0 radical (unpaired) electrons. The molecular weight excluding hydrogens is 188 g/mol. The van der Waals surface area contributed by atoms with Gasteiger partial charge in [-0.3, -0.25) is 0 Å². The Hall–Kier alpha value is -1.03. The van der Waals surface area contributed by atoms with E-state index < -0.39 is 0 Å². The average molecular weight is 201 g/mol. The predicted octanol–water partition coefficient (Wildman–Crippen LogP) is 1.49. The molecule has 0 amide bonds. The second-order valence-electron chi connectivity index (χ2n) is 3.33. The van der Waals surface area contributed by atoms with Crippen molar-refractivity contribution in [2.75, 3.05) is 11.5 Å². The molecule has 72 valence electrons. The normalized spacial score (nSPS) is 10.8. The number of nitrogen functional groups attached to an aromatic ring is 2. The Kier molecular flexibility index (Phi) is 2.93. The van der Waals surface area contributed by atoms with E-state index in [1.807, 2.05) is 0 Å². The van der Waals surface area contributed by atoms with Crippen molar-refractivity contribution in [2.45, 2.75) is 20.3 Å². The van der Waals surface area contributed by atoms with E-state index in [1.54, 1.807) is 0 Å². The third kappa shape index (κ3) is 2.45. The van der Waals surface area contributed by atoms with Crippen LogP contribution in [0.15, 0.2) is 0 Å². The summed E-state index contributed by atoms with van der Waals surface area (Å²) in [5, 5.41) is 0.239. The van der Waals surface area contributed by atoms with Gasteiger partial charge in [-0.25, -0.2) is 9.97 Å². The zero-order chi connectivity index (χ0) is 10.0. The molecule has 0 saturated carbocycles. The van der Waals surface area contributed by atoms with Gasteiger partial charge in [-0.1, -0.05) is 25.4 Å². The second-order valence-corrected chi connectivity index (χ2v) is 3.69. The highest BCUT2D eigenvalue weighted by Gasteiger charge is 2.08. The van der Waals surface area contributed by atoms with E-state index in [-0.39, 0.29) is 16.7 Å². The van der Waals surface area contributed by atoms with E-state index >= 15 is 0 Å². The van der Waals surface area contributed by atoms with Crippen molar-refractivity contribution in [1.29, 1.82) is 0 Å². The summed E-state index contributed by atoms with van der Waals surface area (Å²) in [7, 11) is 0. The minimum absolute atomic E-state index is 0.239. The van der Waals surface area contributed by atoms with Crippen LogP contribution < -0.4 is 11.5 Å². The summed E-state index contributed by atoms with van der Waals surface area (Å²) in [4.78, 5) is 8.05. The van der Waals surface area contributed by atoms with Crippen molar-refractivity contribution >= 4 is 23.1 Å². The summed E-state index contributed by atoms with van der Waals surface area (Å²) in [5.74, 6) is 1.38. The molecule has 0 spiro atoms. The van der Waals surface area contributed by atoms with Crippen molar-refractivity contribution in [2.24, 2.45) is 5.92 Å². The molecule has 0 aliphatic heterocycles. The maximum Gasteiger partial charge on any atom is 0.157 e. The average Bonchev–Trinajstić information content (AvgIpc) is 1.98. The minimum atomic E-state index is 0.239. The fourth-order valence-electron chi connectivity index (χ4n) is 0.960. The van der Waals surface area contributed by atoms with Gasteiger partial charge in [0.1, 0.15) is 11.5 Å². The van der Waals surface area contributed by atoms with Crippen LogP contribution in [0.25, 0.3) is 0 Å². The van der Waals surface area contributed by atoms with Gasteiger partial charge in [0, 0.05) is 6.42 Å². The van der Waals surface area contributed by atoms with Gasteiger partial charge < -0.3 is 11.5 Å². The fourth-order valence-corrected chi connectivity index (χ4v) is 1.15. The lowest BCUT2D eigenvalue weighted by Crippen LogP contribution is -2.07. The quantitative estimate of drug-likeness (QED) is 0.710. The van der Waals surface area contributed by atoms with Crippen LogP contribution in [0.5, 0.6) is 0 Å². The highest BCUT2D eigenvalue weighted by molar-refractivity contribution is 6.32. The molecule has 0 aromatic carbocycles. The van der Waals surface area contributed by atoms with Crippen molar-refractivity contribution in [3.05, 3.63) is 11.0 Å². The van der Waals surface area contributed by atoms with E-state index in [4.69, 9.17) is 23.1 Å². The lowest BCUT2D eigenvalue weighted by atomic mass is 10.1. The molecule has 0 aliphatic rings. The van der Waals surface area contributed by atoms with Crippen LogP contribution in [0.3, 0.4) is 0 Å². The number of halogens is 1. The zero-order valence-corrected chi connectivity index (χ0v) is 8.47. The summed E-state index contributed by atoms with van der Waals surface area (Å²) in [6, 6.07) is 0. The number of hydrogen-bond donors (Lipinski definition) is 2. The molecule has 1 aromatic heterocycles. The monoisotopic (exact) mass is 200 g/mol. The van der Waals surface area contributed by atoms with E-state index in [9.17, 15) is 0 Å². The highest BCUT2D eigenvalue weighted by Crippen LogP contribution is 2.21. The van der Waals surface area contributed by atoms with Gasteiger partial charge in [0.25, 0.3) is 0 Å². The molecule has 0 fully saturated rings. The first kappa shape index (κ1) is 10.1. The van der Waals surface area contributed by atoms with Gasteiger partial charge in [0.05, 0.1) is 0 Å². The number of hydrogen-bond acceptors (Lipinski definition) is 4. The van der Waals surface area contributed by atoms with Gasteiger partial charge in [0.15, 0.2) is 11.0 Å². The lowest BCUT2D eigenvalue weighted by Gasteiger charge is -2.06. The molecule has 0 unspecified atom stereocenters. The Morgan fingerprint density at radius 1 is 1.31 bits per heavy atom. The van der Waals surface area contributed by atoms with Crippen LogP contribution in [0.1, 0.15) is 19.7 Å². The first-order chi connectivity index (χ1) is 6.00. The second kappa shape index (κ2) is 3.79. The first-order valence-electron chi connectivity index (χ1n) is 4.08. The standard InChI is InChI=1S/C8H13ClN4/c1-4(2)3-5-12-7(9)6(10)8(11)13-5/h4H,3,10H2,1-2H3,(H2,11,12,13). The topological polar surface area (TPSA) is 77.8 Å². The highest BCUT2D eigenvalue weighted by atomic mass is 35.5. The number of rotatable bonds is 2. The van der Waals surface area contributed by atoms with Gasteiger partial charge in [-0.2, -0.15) is 0 Å². The van der Waals surface area contributed by atoms with E-state index in [0.29, 0.717) is 11.7 Å². The van der Waals surface area contributed by atoms with E-state index in [2.05, 4.69) is 23.8 Å². The minimum Gasteiger partial charge on any atom is -0.393 e. The van der Waals surface area contributed by atoms with Gasteiger partial charge in [0.2, 0.25) is 0 Å². The first-order valence-corrected chi connectivity index (χ1v) is 4.46. The van der Waals surface area contributed by atoms with Crippen LogP contribution in [0, 0.1) is 5.92 Å². The zero-order valence-electron chi connectivity index (χ0n) is 7.71. The van der Waals surface area contributed by atoms with Crippen LogP contribution in [-0.4, -0.2) is 9.97 Å².